The summed E-state index contributed by atoms with van der Waals surface area (Å²) in [7, 11) is 0. The summed E-state index contributed by atoms with van der Waals surface area (Å²) in [5.41, 5.74) is 1.26. The Bertz CT molecular complexity index is 630. The molecule has 0 saturated heterocycles. The molecule has 0 bridgehead atoms. The van der Waals surface area contributed by atoms with Crippen LogP contribution in [-0.4, -0.2) is 6.61 Å². The first-order valence-corrected chi connectivity index (χ1v) is 7.89. The van der Waals surface area contributed by atoms with E-state index in [1.54, 1.807) is 0 Å². The van der Waals surface area contributed by atoms with Crippen LogP contribution >= 0.6 is 31.9 Å². The van der Waals surface area contributed by atoms with Crippen molar-refractivity contribution in [1.29, 1.82) is 0 Å². The van der Waals surface area contributed by atoms with E-state index in [0.29, 0.717) is 24.6 Å². The zero-order chi connectivity index (χ0) is 15.4. The van der Waals surface area contributed by atoms with Crippen molar-refractivity contribution in [2.45, 2.75) is 13.5 Å². The molecule has 0 unspecified atom stereocenters. The summed E-state index contributed by atoms with van der Waals surface area (Å²) in [4.78, 5) is 0. The van der Waals surface area contributed by atoms with Crippen LogP contribution in [-0.2, 0) is 6.54 Å². The van der Waals surface area contributed by atoms with Gasteiger partial charge in [-0.05, 0) is 47.1 Å². The van der Waals surface area contributed by atoms with Gasteiger partial charge in [-0.15, -0.1) is 0 Å². The van der Waals surface area contributed by atoms with E-state index in [9.17, 15) is 8.78 Å². The van der Waals surface area contributed by atoms with E-state index >= 15 is 0 Å². The molecule has 0 saturated carbocycles. The molecule has 0 aliphatic carbocycles. The summed E-state index contributed by atoms with van der Waals surface area (Å²) in [5.74, 6) is -0.513. The average Bonchev–Trinajstić information content (AvgIpc) is 2.38. The van der Waals surface area contributed by atoms with Crippen molar-refractivity contribution in [3.63, 3.8) is 0 Å². The maximum atomic E-state index is 13.2. The molecule has 6 heteroatoms. The predicted molar refractivity (Wildman–Crippen MR) is 86.7 cm³/mol. The molecular weight excluding hydrogens is 408 g/mol. The van der Waals surface area contributed by atoms with Crippen LogP contribution < -0.4 is 10.1 Å². The van der Waals surface area contributed by atoms with Gasteiger partial charge in [0.1, 0.15) is 17.4 Å². The second kappa shape index (κ2) is 7.22. The zero-order valence-corrected chi connectivity index (χ0v) is 14.4. The van der Waals surface area contributed by atoms with Gasteiger partial charge in [-0.25, -0.2) is 8.78 Å². The minimum Gasteiger partial charge on any atom is -0.492 e. The second-order valence-electron chi connectivity index (χ2n) is 4.32. The summed E-state index contributed by atoms with van der Waals surface area (Å²) in [6.45, 7) is 2.81. The average molecular weight is 421 g/mol. The summed E-state index contributed by atoms with van der Waals surface area (Å²) < 4.78 is 33.6. The highest BCUT2D eigenvalue weighted by Gasteiger charge is 2.10. The monoisotopic (exact) mass is 419 g/mol. The lowest BCUT2D eigenvalue weighted by Crippen LogP contribution is -2.04. The van der Waals surface area contributed by atoms with Crippen molar-refractivity contribution in [3.05, 3.63) is 56.5 Å². The molecule has 2 aromatic rings. The van der Waals surface area contributed by atoms with Crippen LogP contribution in [0.2, 0.25) is 0 Å². The molecule has 0 fully saturated rings. The number of hydrogen-bond donors (Lipinski definition) is 1. The molecule has 0 heterocycles. The van der Waals surface area contributed by atoms with E-state index in [1.165, 1.54) is 12.1 Å². The van der Waals surface area contributed by atoms with Gasteiger partial charge in [0.2, 0.25) is 0 Å². The molecule has 112 valence electrons. The maximum Gasteiger partial charge on any atom is 0.138 e. The third kappa shape index (κ3) is 4.41. The third-order valence-electron chi connectivity index (χ3n) is 2.72. The van der Waals surface area contributed by atoms with Crippen LogP contribution in [0.5, 0.6) is 5.75 Å². The summed E-state index contributed by atoms with van der Waals surface area (Å²) in [6, 6.07) is 7.12. The smallest absolute Gasteiger partial charge is 0.138 e. The first-order chi connectivity index (χ1) is 9.99. The van der Waals surface area contributed by atoms with Gasteiger partial charge < -0.3 is 10.1 Å². The van der Waals surface area contributed by atoms with Crippen molar-refractivity contribution in [2.75, 3.05) is 11.9 Å². The van der Waals surface area contributed by atoms with E-state index in [0.717, 1.165) is 20.6 Å². The van der Waals surface area contributed by atoms with Gasteiger partial charge >= 0.3 is 0 Å². The number of benzene rings is 2. The van der Waals surface area contributed by atoms with Crippen LogP contribution in [0.15, 0.2) is 39.3 Å². The molecule has 0 aliphatic heterocycles. The van der Waals surface area contributed by atoms with Crippen LogP contribution in [0, 0.1) is 11.6 Å². The van der Waals surface area contributed by atoms with E-state index in [1.807, 2.05) is 19.1 Å². The fraction of sp³-hybridized carbons (Fsp3) is 0.200. The minimum absolute atomic E-state index is 0.381. The minimum atomic E-state index is -0.613. The van der Waals surface area contributed by atoms with Crippen molar-refractivity contribution < 1.29 is 13.5 Å². The summed E-state index contributed by atoms with van der Waals surface area (Å²) in [6.07, 6.45) is 0. The van der Waals surface area contributed by atoms with Crippen LogP contribution in [0.4, 0.5) is 14.5 Å². The first kappa shape index (κ1) is 16.2. The molecule has 1 N–H and O–H groups in total. The zero-order valence-electron chi connectivity index (χ0n) is 11.2. The van der Waals surface area contributed by atoms with E-state index in [4.69, 9.17) is 4.74 Å². The van der Waals surface area contributed by atoms with E-state index in [-0.39, 0.29) is 0 Å². The molecule has 0 spiro atoms. The largest absolute Gasteiger partial charge is 0.492 e. The van der Waals surface area contributed by atoms with E-state index in [2.05, 4.69) is 37.2 Å². The van der Waals surface area contributed by atoms with Gasteiger partial charge in [-0.3, -0.25) is 0 Å². The first-order valence-electron chi connectivity index (χ1n) is 6.30. The summed E-state index contributed by atoms with van der Waals surface area (Å²) >= 11 is 6.86. The Balaban J connectivity index is 2.22. The van der Waals surface area contributed by atoms with Gasteiger partial charge in [-0.2, -0.15) is 0 Å². The lowest BCUT2D eigenvalue weighted by atomic mass is 10.2. The molecule has 2 rings (SSSR count). The Morgan fingerprint density at radius 2 is 1.71 bits per heavy atom. The fourth-order valence-electron chi connectivity index (χ4n) is 1.90. The quantitative estimate of drug-likeness (QED) is 0.689. The molecule has 0 aliphatic rings. The van der Waals surface area contributed by atoms with Crippen LogP contribution in [0.25, 0.3) is 0 Å². The normalized spacial score (nSPS) is 10.5. The standard InChI is InChI=1S/C15H13Br2F2NO/c1-2-21-15-9(3-10(16)4-14(15)17)8-20-13-6-11(18)5-12(19)7-13/h3-7,20H,2,8H2,1H3. The predicted octanol–water partition coefficient (Wildman–Crippen LogP) is 5.50. The second-order valence-corrected chi connectivity index (χ2v) is 6.09. The summed E-state index contributed by atoms with van der Waals surface area (Å²) in [5, 5.41) is 2.99. The lowest BCUT2D eigenvalue weighted by molar-refractivity contribution is 0.334. The molecule has 2 nitrogen and oxygen atoms in total. The highest BCUT2D eigenvalue weighted by atomic mass is 79.9. The number of rotatable bonds is 5. The van der Waals surface area contributed by atoms with Crippen molar-refractivity contribution >= 4 is 37.5 Å². The molecule has 21 heavy (non-hydrogen) atoms. The maximum absolute atomic E-state index is 13.2. The van der Waals surface area contributed by atoms with Crippen LogP contribution in [0.1, 0.15) is 12.5 Å². The highest BCUT2D eigenvalue weighted by Crippen LogP contribution is 2.33. The van der Waals surface area contributed by atoms with Gasteiger partial charge in [0.25, 0.3) is 0 Å². The molecule has 0 radical (unpaired) electrons. The number of halogens is 4. The van der Waals surface area contributed by atoms with Gasteiger partial charge in [-0.1, -0.05) is 15.9 Å². The third-order valence-corrected chi connectivity index (χ3v) is 3.77. The molecule has 0 amide bonds. The molecular formula is C15H13Br2F2NO. The van der Waals surface area contributed by atoms with E-state index < -0.39 is 11.6 Å². The lowest BCUT2D eigenvalue weighted by Gasteiger charge is -2.14. The fourth-order valence-corrected chi connectivity index (χ4v) is 3.33. The van der Waals surface area contributed by atoms with Crippen LogP contribution in [0.3, 0.4) is 0 Å². The van der Waals surface area contributed by atoms with Gasteiger partial charge in [0.05, 0.1) is 11.1 Å². The van der Waals surface area contributed by atoms with Gasteiger partial charge in [0, 0.05) is 28.3 Å². The molecule has 0 aromatic heterocycles. The Hall–Kier alpha value is -1.14. The Kier molecular flexibility index (Phi) is 5.58. The molecule has 0 atom stereocenters. The Labute approximate surface area is 138 Å². The number of hydrogen-bond acceptors (Lipinski definition) is 2. The molecule has 2 aromatic carbocycles. The number of anilines is 1. The van der Waals surface area contributed by atoms with Crippen molar-refractivity contribution in [2.24, 2.45) is 0 Å². The number of nitrogens with one attached hydrogen (secondary N) is 1. The van der Waals surface area contributed by atoms with Crippen molar-refractivity contribution in [3.8, 4) is 5.75 Å². The topological polar surface area (TPSA) is 21.3 Å². The Morgan fingerprint density at radius 3 is 2.33 bits per heavy atom. The van der Waals surface area contributed by atoms with Crippen molar-refractivity contribution in [1.82, 2.24) is 0 Å². The highest BCUT2D eigenvalue weighted by molar-refractivity contribution is 9.11. The Morgan fingerprint density at radius 1 is 1.05 bits per heavy atom. The number of ether oxygens (including phenoxy) is 1. The SMILES string of the molecule is CCOc1c(Br)cc(Br)cc1CNc1cc(F)cc(F)c1. The van der Waals surface area contributed by atoms with Gasteiger partial charge in [0.15, 0.2) is 0 Å².